The van der Waals surface area contributed by atoms with E-state index in [0.717, 1.165) is 6.07 Å². The molecule has 0 amide bonds. The van der Waals surface area contributed by atoms with E-state index < -0.39 is 22.4 Å². The summed E-state index contributed by atoms with van der Waals surface area (Å²) in [6, 6.07) is 11.9. The lowest BCUT2D eigenvalue weighted by molar-refractivity contribution is -0.385. The smallest absolute Gasteiger partial charge is 0.338 e. The quantitative estimate of drug-likeness (QED) is 0.211. The number of nitro benzene ring substituents is 1. The van der Waals surface area contributed by atoms with Gasteiger partial charge in [-0.1, -0.05) is 36.9 Å². The summed E-state index contributed by atoms with van der Waals surface area (Å²) in [5, 5.41) is 11.2. The molecule has 0 aliphatic heterocycles. The molecule has 0 N–H and O–H groups in total. The summed E-state index contributed by atoms with van der Waals surface area (Å²) in [6.07, 6.45) is 0. The summed E-state index contributed by atoms with van der Waals surface area (Å²) in [5.41, 5.74) is 0.00145. The minimum Gasteiger partial charge on any atom is -0.423 e. The number of hydrogen-bond acceptors (Lipinski definition) is 5. The van der Waals surface area contributed by atoms with Crippen molar-refractivity contribution in [1.29, 1.82) is 0 Å². The zero-order chi connectivity index (χ0) is 17.0. The SMILES string of the molecule is C=C(C)C(=O)Oc1ccc(C(=O)c2ccccc2)c([N+](=O)[O-])c1. The van der Waals surface area contributed by atoms with Gasteiger partial charge < -0.3 is 4.74 Å². The highest BCUT2D eigenvalue weighted by atomic mass is 16.6. The van der Waals surface area contributed by atoms with Crippen LogP contribution in [-0.2, 0) is 4.79 Å². The van der Waals surface area contributed by atoms with Gasteiger partial charge in [0.25, 0.3) is 5.69 Å². The van der Waals surface area contributed by atoms with Gasteiger partial charge in [0, 0.05) is 11.1 Å². The van der Waals surface area contributed by atoms with E-state index in [4.69, 9.17) is 4.74 Å². The monoisotopic (exact) mass is 311 g/mol. The molecule has 0 bridgehead atoms. The van der Waals surface area contributed by atoms with E-state index in [1.807, 2.05) is 0 Å². The molecule has 0 aliphatic carbocycles. The predicted molar refractivity (Wildman–Crippen MR) is 83.4 cm³/mol. The molecule has 6 heteroatoms. The van der Waals surface area contributed by atoms with Crippen LogP contribution in [0.3, 0.4) is 0 Å². The van der Waals surface area contributed by atoms with Crippen LogP contribution in [0.15, 0.2) is 60.7 Å². The van der Waals surface area contributed by atoms with Gasteiger partial charge >= 0.3 is 5.97 Å². The fourth-order valence-electron chi connectivity index (χ4n) is 1.86. The lowest BCUT2D eigenvalue weighted by Gasteiger charge is -2.06. The summed E-state index contributed by atoms with van der Waals surface area (Å²) < 4.78 is 4.95. The third kappa shape index (κ3) is 3.68. The van der Waals surface area contributed by atoms with Crippen LogP contribution >= 0.6 is 0 Å². The average molecular weight is 311 g/mol. The molecule has 2 aromatic carbocycles. The van der Waals surface area contributed by atoms with Gasteiger partial charge in [-0.2, -0.15) is 0 Å². The van der Waals surface area contributed by atoms with Gasteiger partial charge in [-0.3, -0.25) is 14.9 Å². The van der Waals surface area contributed by atoms with Crippen LogP contribution in [0.5, 0.6) is 5.75 Å². The Morgan fingerprint density at radius 2 is 1.78 bits per heavy atom. The maximum atomic E-state index is 12.4. The maximum absolute atomic E-state index is 12.4. The molecule has 0 unspecified atom stereocenters. The molecule has 0 aromatic heterocycles. The number of carbonyl (C=O) groups is 2. The van der Waals surface area contributed by atoms with Gasteiger partial charge in [-0.15, -0.1) is 0 Å². The fourth-order valence-corrected chi connectivity index (χ4v) is 1.86. The van der Waals surface area contributed by atoms with Gasteiger partial charge in [-0.05, 0) is 19.1 Å². The second kappa shape index (κ2) is 6.65. The normalized spacial score (nSPS) is 9.96. The molecule has 0 aliphatic rings. The largest absolute Gasteiger partial charge is 0.423 e. The minimum atomic E-state index is -0.693. The van der Waals surface area contributed by atoms with Crippen molar-refractivity contribution in [3.8, 4) is 5.75 Å². The number of nitro groups is 1. The van der Waals surface area contributed by atoms with Crippen molar-refractivity contribution >= 4 is 17.4 Å². The first-order valence-electron chi connectivity index (χ1n) is 6.66. The summed E-state index contributed by atoms with van der Waals surface area (Å²) in [5.74, 6) is -1.19. The van der Waals surface area contributed by atoms with E-state index in [1.165, 1.54) is 19.1 Å². The number of carbonyl (C=O) groups excluding carboxylic acids is 2. The third-order valence-electron chi connectivity index (χ3n) is 3.01. The maximum Gasteiger partial charge on any atom is 0.338 e. The molecular formula is C17H13NO5. The van der Waals surface area contributed by atoms with Crippen molar-refractivity contribution in [3.63, 3.8) is 0 Å². The average Bonchev–Trinajstić information content (AvgIpc) is 2.54. The first-order valence-corrected chi connectivity index (χ1v) is 6.66. The number of hydrogen-bond donors (Lipinski definition) is 0. The van der Waals surface area contributed by atoms with Crippen molar-refractivity contribution in [3.05, 3.63) is 81.9 Å². The molecule has 2 rings (SSSR count). The lowest BCUT2D eigenvalue weighted by Crippen LogP contribution is -2.10. The Labute approximate surface area is 132 Å². The van der Waals surface area contributed by atoms with Crippen LogP contribution < -0.4 is 4.74 Å². The van der Waals surface area contributed by atoms with Crippen molar-refractivity contribution in [2.75, 3.05) is 0 Å². The summed E-state index contributed by atoms with van der Waals surface area (Å²) in [6.45, 7) is 4.89. The van der Waals surface area contributed by atoms with E-state index in [1.54, 1.807) is 30.3 Å². The topological polar surface area (TPSA) is 86.5 Å². The molecule has 6 nitrogen and oxygen atoms in total. The van der Waals surface area contributed by atoms with Crippen LogP contribution in [-0.4, -0.2) is 16.7 Å². The Hall–Kier alpha value is -3.28. The number of nitrogens with zero attached hydrogens (tertiary/aromatic N) is 1. The summed E-state index contributed by atoms with van der Waals surface area (Å²) in [4.78, 5) is 34.4. The van der Waals surface area contributed by atoms with Crippen LogP contribution in [0.2, 0.25) is 0 Å². The first kappa shape index (κ1) is 16.1. The fraction of sp³-hybridized carbons (Fsp3) is 0.0588. The molecule has 0 saturated carbocycles. The highest BCUT2D eigenvalue weighted by Gasteiger charge is 2.22. The molecule has 0 spiro atoms. The predicted octanol–water partition coefficient (Wildman–Crippen LogP) is 3.31. The van der Waals surface area contributed by atoms with Crippen LogP contribution in [0.4, 0.5) is 5.69 Å². The molecule has 0 radical (unpaired) electrons. The van der Waals surface area contributed by atoms with Gasteiger partial charge in [-0.25, -0.2) is 4.79 Å². The second-order valence-corrected chi connectivity index (χ2v) is 4.80. The molecule has 0 atom stereocenters. The van der Waals surface area contributed by atoms with Gasteiger partial charge in [0.2, 0.25) is 0 Å². The Morgan fingerprint density at radius 1 is 1.13 bits per heavy atom. The molecule has 0 heterocycles. The van der Waals surface area contributed by atoms with Crippen molar-refractivity contribution in [1.82, 2.24) is 0 Å². The van der Waals surface area contributed by atoms with E-state index >= 15 is 0 Å². The number of esters is 1. The Bertz CT molecular complexity index is 796. The summed E-state index contributed by atoms with van der Waals surface area (Å²) in [7, 11) is 0. The summed E-state index contributed by atoms with van der Waals surface area (Å²) >= 11 is 0. The molecule has 23 heavy (non-hydrogen) atoms. The molecule has 2 aromatic rings. The first-order chi connectivity index (χ1) is 10.9. The molecule has 0 fully saturated rings. The van der Waals surface area contributed by atoms with E-state index in [0.29, 0.717) is 5.56 Å². The number of rotatable bonds is 5. The molecule has 0 saturated heterocycles. The standard InChI is InChI=1S/C17H13NO5/c1-11(2)17(20)23-13-8-9-14(15(10-13)18(21)22)16(19)12-6-4-3-5-7-12/h3-10H,1H2,2H3. The Kier molecular flexibility index (Phi) is 4.66. The number of ether oxygens (including phenoxy) is 1. The minimum absolute atomic E-state index is 0.0192. The number of benzene rings is 2. The molecular weight excluding hydrogens is 298 g/mol. The van der Waals surface area contributed by atoms with E-state index in [-0.39, 0.29) is 16.9 Å². The lowest BCUT2D eigenvalue weighted by atomic mass is 10.0. The Morgan fingerprint density at radius 3 is 2.35 bits per heavy atom. The van der Waals surface area contributed by atoms with Gasteiger partial charge in [0.05, 0.1) is 11.0 Å². The number of ketones is 1. The zero-order valence-corrected chi connectivity index (χ0v) is 12.3. The van der Waals surface area contributed by atoms with E-state index in [9.17, 15) is 19.7 Å². The highest BCUT2D eigenvalue weighted by Crippen LogP contribution is 2.27. The van der Waals surface area contributed by atoms with Crippen molar-refractivity contribution in [2.45, 2.75) is 6.92 Å². The van der Waals surface area contributed by atoms with E-state index in [2.05, 4.69) is 6.58 Å². The highest BCUT2D eigenvalue weighted by molar-refractivity contribution is 6.11. The zero-order valence-electron chi connectivity index (χ0n) is 12.3. The van der Waals surface area contributed by atoms with Crippen molar-refractivity contribution in [2.24, 2.45) is 0 Å². The van der Waals surface area contributed by atoms with Gasteiger partial charge in [0.1, 0.15) is 11.3 Å². The van der Waals surface area contributed by atoms with Crippen LogP contribution in [0, 0.1) is 10.1 Å². The Balaban J connectivity index is 2.41. The van der Waals surface area contributed by atoms with Crippen molar-refractivity contribution < 1.29 is 19.2 Å². The van der Waals surface area contributed by atoms with Crippen LogP contribution in [0.25, 0.3) is 0 Å². The second-order valence-electron chi connectivity index (χ2n) is 4.80. The third-order valence-corrected chi connectivity index (χ3v) is 3.01. The van der Waals surface area contributed by atoms with Gasteiger partial charge in [0.15, 0.2) is 5.78 Å². The molecule has 116 valence electrons. The van der Waals surface area contributed by atoms with Crippen LogP contribution in [0.1, 0.15) is 22.8 Å².